The van der Waals surface area contributed by atoms with Crippen LogP contribution in [0.5, 0.6) is 0 Å². The van der Waals surface area contributed by atoms with Crippen molar-refractivity contribution in [3.8, 4) is 0 Å². The van der Waals surface area contributed by atoms with Crippen molar-refractivity contribution in [2.24, 2.45) is 23.5 Å². The second-order valence-corrected chi connectivity index (χ2v) is 7.24. The highest BCUT2D eigenvalue weighted by molar-refractivity contribution is 5.79. The van der Waals surface area contributed by atoms with Crippen LogP contribution in [0.15, 0.2) is 0 Å². The first-order valence-electron chi connectivity index (χ1n) is 8.86. The van der Waals surface area contributed by atoms with Crippen LogP contribution in [0.1, 0.15) is 58.3 Å². The molecule has 3 aliphatic rings. The van der Waals surface area contributed by atoms with Crippen molar-refractivity contribution in [1.82, 2.24) is 5.32 Å². The van der Waals surface area contributed by atoms with Crippen molar-refractivity contribution in [3.05, 3.63) is 0 Å². The molecule has 0 aliphatic heterocycles. The van der Waals surface area contributed by atoms with Crippen molar-refractivity contribution in [1.29, 1.82) is 0 Å². The fraction of sp³-hybridized carbons (Fsp3) is 0.941. The third-order valence-electron chi connectivity index (χ3n) is 5.97. The molecule has 3 aliphatic carbocycles. The van der Waals surface area contributed by atoms with E-state index in [9.17, 15) is 4.79 Å². The Morgan fingerprint density at radius 3 is 2.62 bits per heavy atom. The zero-order valence-electron chi connectivity index (χ0n) is 13.2. The van der Waals surface area contributed by atoms with Gasteiger partial charge in [0.2, 0.25) is 5.91 Å². The third kappa shape index (κ3) is 3.26. The molecule has 4 heteroatoms. The minimum atomic E-state index is 0.0292. The number of rotatable bonds is 4. The Balaban J connectivity index is 1.51. The smallest absolute Gasteiger partial charge is 0.223 e. The van der Waals surface area contributed by atoms with Gasteiger partial charge in [-0.25, -0.2) is 0 Å². The highest BCUT2D eigenvalue weighted by atomic mass is 16.5. The van der Waals surface area contributed by atoms with Gasteiger partial charge in [-0.2, -0.15) is 0 Å². The molecule has 0 radical (unpaired) electrons. The Hall–Kier alpha value is -0.610. The van der Waals surface area contributed by atoms with Gasteiger partial charge in [-0.15, -0.1) is 0 Å². The molecule has 120 valence electrons. The van der Waals surface area contributed by atoms with E-state index in [-0.39, 0.29) is 30.0 Å². The van der Waals surface area contributed by atoms with E-state index in [1.54, 1.807) is 0 Å². The lowest BCUT2D eigenvalue weighted by atomic mass is 9.67. The summed E-state index contributed by atoms with van der Waals surface area (Å²) in [4.78, 5) is 12.5. The zero-order valence-corrected chi connectivity index (χ0v) is 13.2. The van der Waals surface area contributed by atoms with Gasteiger partial charge in [0.1, 0.15) is 0 Å². The lowest BCUT2D eigenvalue weighted by Gasteiger charge is -2.44. The van der Waals surface area contributed by atoms with Crippen molar-refractivity contribution in [2.45, 2.75) is 76.5 Å². The van der Waals surface area contributed by atoms with Crippen LogP contribution >= 0.6 is 0 Å². The van der Waals surface area contributed by atoms with Gasteiger partial charge in [-0.3, -0.25) is 4.79 Å². The van der Waals surface area contributed by atoms with Crippen LogP contribution in [-0.2, 0) is 9.53 Å². The molecule has 3 rings (SSSR count). The Kier molecular flexibility index (Phi) is 4.85. The van der Waals surface area contributed by atoms with E-state index in [1.807, 2.05) is 6.92 Å². The average molecular weight is 294 g/mol. The summed E-state index contributed by atoms with van der Waals surface area (Å²) in [6.45, 7) is 2.68. The van der Waals surface area contributed by atoms with E-state index in [0.29, 0.717) is 6.61 Å². The first-order valence-corrected chi connectivity index (χ1v) is 8.86. The highest BCUT2D eigenvalue weighted by Crippen LogP contribution is 2.42. The van der Waals surface area contributed by atoms with Crippen LogP contribution in [0, 0.1) is 17.8 Å². The molecule has 6 atom stereocenters. The Bertz CT molecular complexity index is 372. The van der Waals surface area contributed by atoms with E-state index in [1.165, 1.54) is 32.1 Å². The lowest BCUT2D eigenvalue weighted by molar-refractivity contribution is -0.131. The van der Waals surface area contributed by atoms with Gasteiger partial charge < -0.3 is 15.8 Å². The summed E-state index contributed by atoms with van der Waals surface area (Å²) < 4.78 is 5.64. The molecule has 21 heavy (non-hydrogen) atoms. The highest BCUT2D eigenvalue weighted by Gasteiger charge is 2.42. The van der Waals surface area contributed by atoms with Gasteiger partial charge in [-0.1, -0.05) is 25.7 Å². The molecule has 0 aromatic carbocycles. The minimum Gasteiger partial charge on any atom is -0.376 e. The third-order valence-corrected chi connectivity index (χ3v) is 5.97. The number of ether oxygens (including phenoxy) is 1. The molecule has 0 aromatic heterocycles. The maximum atomic E-state index is 12.5. The van der Waals surface area contributed by atoms with Gasteiger partial charge in [0.05, 0.1) is 12.1 Å². The normalized spacial score (nSPS) is 42.8. The van der Waals surface area contributed by atoms with Crippen molar-refractivity contribution in [3.63, 3.8) is 0 Å². The van der Waals surface area contributed by atoms with Crippen molar-refractivity contribution >= 4 is 5.91 Å². The number of hydrogen-bond acceptors (Lipinski definition) is 3. The number of nitrogens with one attached hydrogen (secondary N) is 1. The van der Waals surface area contributed by atoms with Crippen LogP contribution in [-0.4, -0.2) is 30.7 Å². The standard InChI is InChI=1S/C17H30N2O2/c1-2-21-15-10-14(18)16(15)19-17(20)13-8-7-11-5-3-4-6-12(11)9-13/h11-16H,2-10,18H2,1H3,(H,19,20). The van der Waals surface area contributed by atoms with Crippen LogP contribution in [0.25, 0.3) is 0 Å². The van der Waals surface area contributed by atoms with Crippen LogP contribution in [0.3, 0.4) is 0 Å². The Labute approximate surface area is 128 Å². The summed E-state index contributed by atoms with van der Waals surface area (Å²) in [6, 6.07) is 0.0954. The Morgan fingerprint density at radius 2 is 1.90 bits per heavy atom. The maximum Gasteiger partial charge on any atom is 0.223 e. The molecule has 0 aromatic rings. The first-order chi connectivity index (χ1) is 10.2. The van der Waals surface area contributed by atoms with E-state index < -0.39 is 0 Å². The van der Waals surface area contributed by atoms with E-state index in [0.717, 1.165) is 31.1 Å². The minimum absolute atomic E-state index is 0.0292. The summed E-state index contributed by atoms with van der Waals surface area (Å²) in [5.74, 6) is 2.12. The molecule has 0 saturated heterocycles. The SMILES string of the molecule is CCOC1CC(N)C1NC(=O)C1CCC2CCCCC2C1. The van der Waals surface area contributed by atoms with E-state index in [4.69, 9.17) is 10.5 Å². The van der Waals surface area contributed by atoms with Crippen molar-refractivity contribution in [2.75, 3.05) is 6.61 Å². The fourth-order valence-electron chi connectivity index (χ4n) is 4.62. The summed E-state index contributed by atoms with van der Waals surface area (Å²) in [5, 5.41) is 3.18. The predicted molar refractivity (Wildman–Crippen MR) is 82.7 cm³/mol. The van der Waals surface area contributed by atoms with Gasteiger partial charge in [0, 0.05) is 18.6 Å². The second kappa shape index (κ2) is 6.66. The topological polar surface area (TPSA) is 64.3 Å². The van der Waals surface area contributed by atoms with E-state index >= 15 is 0 Å². The molecule has 0 bridgehead atoms. The maximum absolute atomic E-state index is 12.5. The van der Waals surface area contributed by atoms with Crippen LogP contribution in [0.4, 0.5) is 0 Å². The largest absolute Gasteiger partial charge is 0.376 e. The van der Waals surface area contributed by atoms with Crippen LogP contribution < -0.4 is 11.1 Å². The molecule has 0 spiro atoms. The summed E-state index contributed by atoms with van der Waals surface area (Å²) in [7, 11) is 0. The number of amides is 1. The zero-order chi connectivity index (χ0) is 14.8. The predicted octanol–water partition coefficient (Wildman–Crippen LogP) is 2.21. The molecular weight excluding hydrogens is 264 g/mol. The van der Waals surface area contributed by atoms with Gasteiger partial charge >= 0.3 is 0 Å². The number of fused-ring (bicyclic) bond motifs is 1. The monoisotopic (exact) mass is 294 g/mol. The van der Waals surface area contributed by atoms with Gasteiger partial charge in [0.15, 0.2) is 0 Å². The molecule has 4 nitrogen and oxygen atoms in total. The summed E-state index contributed by atoms with van der Waals surface area (Å²) >= 11 is 0. The van der Waals surface area contributed by atoms with Gasteiger partial charge in [-0.05, 0) is 44.4 Å². The molecule has 6 unspecified atom stereocenters. The van der Waals surface area contributed by atoms with E-state index in [2.05, 4.69) is 5.32 Å². The second-order valence-electron chi connectivity index (χ2n) is 7.24. The Morgan fingerprint density at radius 1 is 1.14 bits per heavy atom. The fourth-order valence-corrected chi connectivity index (χ4v) is 4.62. The molecule has 3 saturated carbocycles. The first kappa shape index (κ1) is 15.3. The number of nitrogens with two attached hydrogens (primary N) is 1. The summed E-state index contributed by atoms with van der Waals surface area (Å²) in [5.41, 5.74) is 6.03. The molecule has 1 amide bonds. The number of hydrogen-bond donors (Lipinski definition) is 2. The van der Waals surface area contributed by atoms with Gasteiger partial charge in [0.25, 0.3) is 0 Å². The quantitative estimate of drug-likeness (QED) is 0.835. The van der Waals surface area contributed by atoms with Crippen molar-refractivity contribution < 1.29 is 9.53 Å². The average Bonchev–Trinajstić information content (AvgIpc) is 2.51. The lowest BCUT2D eigenvalue weighted by Crippen LogP contribution is -2.65. The molecule has 3 fully saturated rings. The molecule has 0 heterocycles. The number of carbonyl (C=O) groups excluding carboxylic acids is 1. The van der Waals surface area contributed by atoms with Crippen LogP contribution in [0.2, 0.25) is 0 Å². The summed E-state index contributed by atoms with van der Waals surface area (Å²) in [6.07, 6.45) is 9.87. The molecular formula is C17H30N2O2. The molecule has 3 N–H and O–H groups in total. The number of carbonyl (C=O) groups is 1.